The van der Waals surface area contributed by atoms with Crippen LogP contribution in [0.5, 0.6) is 0 Å². The molecular weight excluding hydrogens is 212 g/mol. The van der Waals surface area contributed by atoms with E-state index in [0.717, 1.165) is 23.2 Å². The van der Waals surface area contributed by atoms with Gasteiger partial charge in [-0.25, -0.2) is 0 Å². The van der Waals surface area contributed by atoms with Crippen LogP contribution in [-0.4, -0.2) is 4.98 Å². The number of furan rings is 1. The van der Waals surface area contributed by atoms with E-state index in [0.29, 0.717) is 0 Å². The lowest BCUT2D eigenvalue weighted by Gasteiger charge is -2.08. The molecule has 3 nitrogen and oxygen atoms in total. The van der Waals surface area contributed by atoms with Crippen molar-refractivity contribution >= 4 is 16.5 Å². The van der Waals surface area contributed by atoms with Crippen LogP contribution in [-0.2, 0) is 6.54 Å². The number of hydrogen-bond donors (Lipinski definition) is 1. The summed E-state index contributed by atoms with van der Waals surface area (Å²) in [7, 11) is 0. The second-order valence-electron chi connectivity index (χ2n) is 3.89. The summed E-state index contributed by atoms with van der Waals surface area (Å²) < 4.78 is 5.04. The van der Waals surface area contributed by atoms with E-state index in [9.17, 15) is 0 Å². The summed E-state index contributed by atoms with van der Waals surface area (Å²) in [6.07, 6.45) is 7.12. The van der Waals surface area contributed by atoms with E-state index in [1.54, 1.807) is 12.5 Å². The van der Waals surface area contributed by atoms with Gasteiger partial charge in [-0.05, 0) is 23.6 Å². The summed E-state index contributed by atoms with van der Waals surface area (Å²) in [5.74, 6) is 0. The molecule has 0 aliphatic carbocycles. The quantitative estimate of drug-likeness (QED) is 0.740. The second kappa shape index (κ2) is 4.29. The lowest BCUT2D eigenvalue weighted by Crippen LogP contribution is -1.98. The van der Waals surface area contributed by atoms with Crippen molar-refractivity contribution in [1.82, 2.24) is 4.98 Å². The van der Waals surface area contributed by atoms with Gasteiger partial charge in [-0.2, -0.15) is 0 Å². The lowest BCUT2D eigenvalue weighted by molar-refractivity contribution is 0.564. The van der Waals surface area contributed by atoms with Gasteiger partial charge in [0.25, 0.3) is 0 Å². The summed E-state index contributed by atoms with van der Waals surface area (Å²) >= 11 is 0. The molecule has 3 rings (SSSR count). The van der Waals surface area contributed by atoms with Crippen LogP contribution in [0.3, 0.4) is 0 Å². The standard InChI is InChI=1S/C14H12N2O/c1-2-12-4-6-15-9-13(12)14(3-1)16-8-11-5-7-17-10-11/h1-7,9-10,16H,8H2. The third kappa shape index (κ3) is 1.99. The molecule has 0 spiro atoms. The van der Waals surface area contributed by atoms with Gasteiger partial charge in [0.2, 0.25) is 0 Å². The first kappa shape index (κ1) is 9.90. The Balaban J connectivity index is 1.90. The SMILES string of the molecule is c1cc(NCc2ccoc2)c2cnccc2c1. The fourth-order valence-corrected chi connectivity index (χ4v) is 1.86. The zero-order chi connectivity index (χ0) is 11.5. The molecule has 0 amide bonds. The maximum Gasteiger partial charge on any atom is 0.0952 e. The Kier molecular flexibility index (Phi) is 2.50. The van der Waals surface area contributed by atoms with Crippen LogP contribution in [0.15, 0.2) is 59.7 Å². The molecule has 0 aliphatic heterocycles. The van der Waals surface area contributed by atoms with Crippen LogP contribution < -0.4 is 5.32 Å². The maximum atomic E-state index is 5.04. The summed E-state index contributed by atoms with van der Waals surface area (Å²) in [6, 6.07) is 10.2. The Bertz CT molecular complexity index is 612. The van der Waals surface area contributed by atoms with Gasteiger partial charge in [-0.3, -0.25) is 4.98 Å². The number of hydrogen-bond acceptors (Lipinski definition) is 3. The van der Waals surface area contributed by atoms with Crippen molar-refractivity contribution in [1.29, 1.82) is 0 Å². The highest BCUT2D eigenvalue weighted by Gasteiger charge is 2.00. The van der Waals surface area contributed by atoms with Crippen molar-refractivity contribution in [2.45, 2.75) is 6.54 Å². The third-order valence-corrected chi connectivity index (χ3v) is 2.75. The van der Waals surface area contributed by atoms with E-state index in [4.69, 9.17) is 4.42 Å². The molecule has 0 radical (unpaired) electrons. The molecule has 0 bridgehead atoms. The van der Waals surface area contributed by atoms with Gasteiger partial charge >= 0.3 is 0 Å². The van der Waals surface area contributed by atoms with Crippen molar-refractivity contribution < 1.29 is 4.42 Å². The molecule has 0 unspecified atom stereocenters. The van der Waals surface area contributed by atoms with Gasteiger partial charge in [0.15, 0.2) is 0 Å². The normalized spacial score (nSPS) is 10.6. The van der Waals surface area contributed by atoms with E-state index in [1.807, 2.05) is 30.6 Å². The van der Waals surface area contributed by atoms with Gasteiger partial charge < -0.3 is 9.73 Å². The summed E-state index contributed by atoms with van der Waals surface area (Å²) in [5.41, 5.74) is 2.22. The third-order valence-electron chi connectivity index (χ3n) is 2.75. The fourth-order valence-electron chi connectivity index (χ4n) is 1.86. The Hall–Kier alpha value is -2.29. The molecule has 2 aromatic heterocycles. The van der Waals surface area contributed by atoms with Crippen LogP contribution in [0.2, 0.25) is 0 Å². The molecule has 0 fully saturated rings. The van der Waals surface area contributed by atoms with Crippen LogP contribution in [0.4, 0.5) is 5.69 Å². The number of aromatic nitrogens is 1. The van der Waals surface area contributed by atoms with E-state index < -0.39 is 0 Å². The highest BCUT2D eigenvalue weighted by Crippen LogP contribution is 2.22. The van der Waals surface area contributed by atoms with Crippen LogP contribution >= 0.6 is 0 Å². The fraction of sp³-hybridized carbons (Fsp3) is 0.0714. The van der Waals surface area contributed by atoms with Crippen molar-refractivity contribution in [3.63, 3.8) is 0 Å². The molecular formula is C14H12N2O. The van der Waals surface area contributed by atoms with E-state index in [1.165, 1.54) is 5.39 Å². The number of anilines is 1. The van der Waals surface area contributed by atoms with Gasteiger partial charge in [-0.15, -0.1) is 0 Å². The van der Waals surface area contributed by atoms with Crippen LogP contribution in [0, 0.1) is 0 Å². The largest absolute Gasteiger partial charge is 0.472 e. The van der Waals surface area contributed by atoms with E-state index >= 15 is 0 Å². The minimum Gasteiger partial charge on any atom is -0.472 e. The number of fused-ring (bicyclic) bond motifs is 1. The van der Waals surface area contributed by atoms with E-state index in [-0.39, 0.29) is 0 Å². The molecule has 1 N–H and O–H groups in total. The molecule has 0 saturated heterocycles. The average molecular weight is 224 g/mol. The molecule has 2 heterocycles. The second-order valence-corrected chi connectivity index (χ2v) is 3.89. The molecule has 84 valence electrons. The van der Waals surface area contributed by atoms with Crippen molar-refractivity contribution in [2.75, 3.05) is 5.32 Å². The zero-order valence-corrected chi connectivity index (χ0v) is 9.26. The summed E-state index contributed by atoms with van der Waals surface area (Å²) in [4.78, 5) is 4.16. The summed E-state index contributed by atoms with van der Waals surface area (Å²) in [5, 5.41) is 5.72. The molecule has 0 saturated carbocycles. The minimum absolute atomic E-state index is 0.754. The highest BCUT2D eigenvalue weighted by molar-refractivity contribution is 5.92. The number of pyridine rings is 1. The van der Waals surface area contributed by atoms with Gasteiger partial charge in [0.05, 0.1) is 12.5 Å². The molecule has 1 aromatic carbocycles. The predicted octanol–water partition coefficient (Wildman–Crippen LogP) is 3.44. The molecule has 3 aromatic rings. The maximum absolute atomic E-state index is 5.04. The zero-order valence-electron chi connectivity index (χ0n) is 9.26. The molecule has 0 aliphatic rings. The minimum atomic E-state index is 0.754. The van der Waals surface area contributed by atoms with Gasteiger partial charge in [0.1, 0.15) is 0 Å². The van der Waals surface area contributed by atoms with Gasteiger partial charge in [-0.1, -0.05) is 12.1 Å². The Morgan fingerprint density at radius 3 is 3.06 bits per heavy atom. The molecule has 3 heteroatoms. The number of nitrogens with zero attached hydrogens (tertiary/aromatic N) is 1. The number of benzene rings is 1. The van der Waals surface area contributed by atoms with Crippen molar-refractivity contribution in [3.05, 3.63) is 60.8 Å². The van der Waals surface area contributed by atoms with E-state index in [2.05, 4.69) is 22.4 Å². The number of nitrogens with one attached hydrogen (secondary N) is 1. The summed E-state index contributed by atoms with van der Waals surface area (Å²) in [6.45, 7) is 0.754. The Labute approximate surface area is 99.1 Å². The Morgan fingerprint density at radius 2 is 2.18 bits per heavy atom. The van der Waals surface area contributed by atoms with Crippen molar-refractivity contribution in [2.24, 2.45) is 0 Å². The molecule has 0 atom stereocenters. The smallest absolute Gasteiger partial charge is 0.0952 e. The predicted molar refractivity (Wildman–Crippen MR) is 67.8 cm³/mol. The highest BCUT2D eigenvalue weighted by atomic mass is 16.3. The van der Waals surface area contributed by atoms with Crippen LogP contribution in [0.1, 0.15) is 5.56 Å². The Morgan fingerprint density at radius 1 is 1.18 bits per heavy atom. The topological polar surface area (TPSA) is 38.1 Å². The monoisotopic (exact) mass is 224 g/mol. The first-order chi connectivity index (χ1) is 8.43. The van der Waals surface area contributed by atoms with Gasteiger partial charge in [0, 0.05) is 35.6 Å². The molecule has 17 heavy (non-hydrogen) atoms. The van der Waals surface area contributed by atoms with Crippen LogP contribution in [0.25, 0.3) is 10.8 Å². The average Bonchev–Trinajstić information content (AvgIpc) is 2.89. The van der Waals surface area contributed by atoms with Crippen molar-refractivity contribution in [3.8, 4) is 0 Å². The first-order valence-electron chi connectivity index (χ1n) is 5.51. The lowest BCUT2D eigenvalue weighted by atomic mass is 10.1. The first-order valence-corrected chi connectivity index (χ1v) is 5.51. The number of rotatable bonds is 3.